The van der Waals surface area contributed by atoms with Crippen molar-refractivity contribution >= 4 is 40.3 Å². The Morgan fingerprint density at radius 2 is 1.78 bits per heavy atom. The van der Waals surface area contributed by atoms with Crippen LogP contribution in [-0.2, 0) is 4.79 Å². The fourth-order valence-electron chi connectivity index (χ4n) is 3.70. The molecule has 0 aliphatic rings. The molecule has 0 spiro atoms. The molecule has 0 saturated heterocycles. The summed E-state index contributed by atoms with van der Waals surface area (Å²) in [6, 6.07) is 21.2. The summed E-state index contributed by atoms with van der Waals surface area (Å²) in [4.78, 5) is 28.8. The van der Waals surface area contributed by atoms with E-state index >= 15 is 0 Å². The maximum Gasteiger partial charge on any atom is 0.312 e. The van der Waals surface area contributed by atoms with Crippen LogP contribution in [0.1, 0.15) is 23.9 Å². The summed E-state index contributed by atoms with van der Waals surface area (Å²) < 4.78 is 2.06. The van der Waals surface area contributed by atoms with Crippen molar-refractivity contribution in [2.75, 3.05) is 5.32 Å². The first kappa shape index (κ1) is 21.4. The number of anilines is 1. The molecule has 0 aliphatic carbocycles. The number of urea groups is 1. The lowest BCUT2D eigenvalue weighted by molar-refractivity contribution is -0.116. The van der Waals surface area contributed by atoms with Crippen LogP contribution < -0.4 is 16.4 Å². The molecule has 1 aromatic heterocycles. The number of halogens is 1. The summed E-state index contributed by atoms with van der Waals surface area (Å²) in [6.45, 7) is 1.94. The number of imidazole rings is 1. The average Bonchev–Trinajstić information content (AvgIpc) is 3.09. The summed E-state index contributed by atoms with van der Waals surface area (Å²) in [5, 5.41) is 6.06. The maximum atomic E-state index is 12.7. The van der Waals surface area contributed by atoms with E-state index < -0.39 is 12.1 Å². The number of benzene rings is 3. The molecule has 162 valence electrons. The third-order valence-electron chi connectivity index (χ3n) is 5.10. The quantitative estimate of drug-likeness (QED) is 0.398. The summed E-state index contributed by atoms with van der Waals surface area (Å²) in [5.41, 5.74) is 9.39. The van der Waals surface area contributed by atoms with Gasteiger partial charge in [0.15, 0.2) is 0 Å². The van der Waals surface area contributed by atoms with Crippen LogP contribution in [0, 0.1) is 6.92 Å². The first-order valence-corrected chi connectivity index (χ1v) is 10.4. The van der Waals surface area contributed by atoms with E-state index in [0.717, 1.165) is 28.1 Å². The van der Waals surface area contributed by atoms with Gasteiger partial charge in [0.2, 0.25) is 5.91 Å². The number of aromatic nitrogens is 2. The summed E-state index contributed by atoms with van der Waals surface area (Å²) in [6.07, 6.45) is 0.0140. The Morgan fingerprint density at radius 3 is 2.47 bits per heavy atom. The van der Waals surface area contributed by atoms with Gasteiger partial charge in [-0.25, -0.2) is 9.78 Å². The van der Waals surface area contributed by atoms with Crippen molar-refractivity contribution in [3.63, 3.8) is 0 Å². The van der Waals surface area contributed by atoms with E-state index in [-0.39, 0.29) is 12.3 Å². The van der Waals surface area contributed by atoms with Gasteiger partial charge in [-0.15, -0.1) is 0 Å². The van der Waals surface area contributed by atoms with E-state index in [1.165, 1.54) is 0 Å². The number of fused-ring (bicyclic) bond motifs is 1. The van der Waals surface area contributed by atoms with Gasteiger partial charge in [-0.2, -0.15) is 0 Å². The van der Waals surface area contributed by atoms with E-state index in [4.69, 9.17) is 17.3 Å². The number of rotatable bonds is 6. The van der Waals surface area contributed by atoms with Gasteiger partial charge in [-0.1, -0.05) is 41.9 Å². The Kier molecular flexibility index (Phi) is 6.09. The highest BCUT2D eigenvalue weighted by Crippen LogP contribution is 2.25. The van der Waals surface area contributed by atoms with Gasteiger partial charge in [0, 0.05) is 16.4 Å². The first-order chi connectivity index (χ1) is 15.4. The van der Waals surface area contributed by atoms with Gasteiger partial charge in [-0.3, -0.25) is 9.36 Å². The van der Waals surface area contributed by atoms with Gasteiger partial charge < -0.3 is 16.4 Å². The van der Waals surface area contributed by atoms with Crippen molar-refractivity contribution in [3.8, 4) is 5.69 Å². The predicted molar refractivity (Wildman–Crippen MR) is 126 cm³/mol. The van der Waals surface area contributed by atoms with Crippen molar-refractivity contribution < 1.29 is 9.59 Å². The van der Waals surface area contributed by atoms with Crippen molar-refractivity contribution in [2.24, 2.45) is 5.73 Å². The summed E-state index contributed by atoms with van der Waals surface area (Å²) in [7, 11) is 0. The minimum absolute atomic E-state index is 0.0140. The second kappa shape index (κ2) is 9.11. The number of carbonyl (C=O) groups is 2. The Morgan fingerprint density at radius 1 is 1.06 bits per heavy atom. The first-order valence-electron chi connectivity index (χ1n) is 10.1. The number of amides is 3. The number of hydrogen-bond donors (Lipinski definition) is 3. The molecule has 0 saturated carbocycles. The number of nitrogens with one attached hydrogen (secondary N) is 2. The Hall–Kier alpha value is -3.84. The fraction of sp³-hybridized carbons (Fsp3) is 0.125. The van der Waals surface area contributed by atoms with Crippen LogP contribution in [-0.4, -0.2) is 21.5 Å². The number of nitrogens with zero attached hydrogens (tertiary/aromatic N) is 2. The molecule has 0 radical (unpaired) electrons. The lowest BCUT2D eigenvalue weighted by Gasteiger charge is -2.18. The zero-order valence-electron chi connectivity index (χ0n) is 17.4. The maximum absolute atomic E-state index is 12.7. The fourth-order valence-corrected chi connectivity index (χ4v) is 3.82. The van der Waals surface area contributed by atoms with Crippen LogP contribution in [0.25, 0.3) is 16.7 Å². The minimum Gasteiger partial charge on any atom is -0.352 e. The molecule has 7 nitrogen and oxygen atoms in total. The molecule has 4 rings (SSSR count). The average molecular weight is 448 g/mol. The molecular weight excluding hydrogens is 426 g/mol. The number of aryl methyl sites for hydroxylation is 1. The molecule has 4 N–H and O–H groups in total. The molecule has 0 aliphatic heterocycles. The van der Waals surface area contributed by atoms with Crippen molar-refractivity contribution in [1.82, 2.24) is 14.9 Å². The molecule has 0 unspecified atom stereocenters. The number of primary amides is 1. The normalized spacial score (nSPS) is 11.8. The zero-order valence-corrected chi connectivity index (χ0v) is 18.1. The van der Waals surface area contributed by atoms with Crippen molar-refractivity contribution in [2.45, 2.75) is 19.4 Å². The van der Waals surface area contributed by atoms with E-state index in [1.54, 1.807) is 24.3 Å². The summed E-state index contributed by atoms with van der Waals surface area (Å²) >= 11 is 5.94. The third-order valence-corrected chi connectivity index (χ3v) is 5.35. The van der Waals surface area contributed by atoms with Crippen LogP contribution in [0.4, 0.5) is 10.5 Å². The number of carbonyl (C=O) groups excluding carboxylic acids is 2. The molecule has 3 amide bonds. The predicted octanol–water partition coefficient (Wildman–Crippen LogP) is 4.73. The number of para-hydroxylation sites is 1. The van der Waals surface area contributed by atoms with Gasteiger partial charge in [0.05, 0.1) is 23.5 Å². The topological polar surface area (TPSA) is 102 Å². The highest BCUT2D eigenvalue weighted by molar-refractivity contribution is 6.30. The molecule has 0 bridgehead atoms. The van der Waals surface area contributed by atoms with E-state index in [1.807, 2.05) is 55.5 Å². The molecule has 1 atom stereocenters. The molecule has 1 heterocycles. The smallest absolute Gasteiger partial charge is 0.312 e. The molecular formula is C24H22ClN5O2. The van der Waals surface area contributed by atoms with Crippen LogP contribution >= 0.6 is 11.6 Å². The van der Waals surface area contributed by atoms with Crippen LogP contribution in [0.15, 0.2) is 72.8 Å². The zero-order chi connectivity index (χ0) is 22.7. The highest BCUT2D eigenvalue weighted by atomic mass is 35.5. The summed E-state index contributed by atoms with van der Waals surface area (Å²) in [5.74, 6) is 0.584. The van der Waals surface area contributed by atoms with Crippen LogP contribution in [0.2, 0.25) is 5.02 Å². The molecule has 8 heteroatoms. The lowest BCUT2D eigenvalue weighted by atomic mass is 10.0. The molecule has 32 heavy (non-hydrogen) atoms. The molecule has 4 aromatic rings. The van der Waals surface area contributed by atoms with Crippen LogP contribution in [0.5, 0.6) is 0 Å². The minimum atomic E-state index is -0.707. The van der Waals surface area contributed by atoms with Gasteiger partial charge in [-0.05, 0) is 55.0 Å². The molecule has 0 fully saturated rings. The number of hydrogen-bond acceptors (Lipinski definition) is 3. The third kappa shape index (κ3) is 4.73. The largest absolute Gasteiger partial charge is 0.352 e. The Labute approximate surface area is 190 Å². The molecule has 3 aromatic carbocycles. The van der Waals surface area contributed by atoms with E-state index in [2.05, 4.69) is 20.2 Å². The highest BCUT2D eigenvalue weighted by Gasteiger charge is 2.18. The second-order valence-corrected chi connectivity index (χ2v) is 7.83. The SMILES string of the molecule is Cc1nc2cc(NC(=O)C[C@H](NC(N)=O)c3ccc(Cl)cc3)ccc2n1-c1ccccc1. The van der Waals surface area contributed by atoms with Gasteiger partial charge in [0.25, 0.3) is 0 Å². The van der Waals surface area contributed by atoms with Crippen molar-refractivity contribution in [1.29, 1.82) is 0 Å². The Bertz CT molecular complexity index is 1270. The Balaban J connectivity index is 1.54. The van der Waals surface area contributed by atoms with Crippen LogP contribution in [0.3, 0.4) is 0 Å². The number of nitrogens with two attached hydrogens (primary N) is 1. The standard InChI is InChI=1S/C24H22ClN5O2/c1-15-27-21-13-18(11-12-22(21)30(15)19-5-3-2-4-6-19)28-23(31)14-20(29-24(26)32)16-7-9-17(25)10-8-16/h2-13,20H,14H2,1H3,(H,28,31)(H3,26,29,32)/t20-/m0/s1. The van der Waals surface area contributed by atoms with Gasteiger partial charge >= 0.3 is 6.03 Å². The second-order valence-electron chi connectivity index (χ2n) is 7.40. The monoisotopic (exact) mass is 447 g/mol. The van der Waals surface area contributed by atoms with Gasteiger partial charge in [0.1, 0.15) is 5.82 Å². The lowest BCUT2D eigenvalue weighted by Crippen LogP contribution is -2.35. The van der Waals surface area contributed by atoms with E-state index in [0.29, 0.717) is 10.7 Å². The van der Waals surface area contributed by atoms with Crippen molar-refractivity contribution in [3.05, 3.63) is 89.2 Å². The van der Waals surface area contributed by atoms with E-state index in [9.17, 15) is 9.59 Å².